The molecule has 0 spiro atoms. The molecular formula is C35H46N2O7Si. The average Bonchev–Trinajstić information content (AvgIpc) is 3.03. The van der Waals surface area contributed by atoms with Crippen LogP contribution in [-0.2, 0) is 20.9 Å². The monoisotopic (exact) mass is 634 g/mol. The molecule has 10 heteroatoms. The number of aliphatic hydroxyl groups is 2. The fourth-order valence-corrected chi connectivity index (χ4v) is 9.58. The minimum atomic E-state index is -2.44. The maximum Gasteiger partial charge on any atom is 0.252 e. The van der Waals surface area contributed by atoms with Crippen LogP contribution in [0.15, 0.2) is 72.8 Å². The van der Waals surface area contributed by atoms with Gasteiger partial charge in [0.25, 0.3) is 5.91 Å². The van der Waals surface area contributed by atoms with E-state index in [1.165, 1.54) is 12.1 Å². The Labute approximate surface area is 267 Å². The third kappa shape index (κ3) is 7.94. The van der Waals surface area contributed by atoms with Gasteiger partial charge in [-0.25, -0.2) is 0 Å². The first-order valence-electron chi connectivity index (χ1n) is 15.4. The van der Waals surface area contributed by atoms with Crippen molar-refractivity contribution in [2.45, 2.75) is 63.8 Å². The number of amides is 2. The number of nitrogens with one attached hydrogen (secondary N) is 1. The van der Waals surface area contributed by atoms with E-state index in [9.17, 15) is 19.8 Å². The van der Waals surface area contributed by atoms with Gasteiger partial charge >= 0.3 is 0 Å². The van der Waals surface area contributed by atoms with Crippen molar-refractivity contribution in [1.82, 2.24) is 4.90 Å². The Balaban J connectivity index is 1.72. The maximum absolute atomic E-state index is 14.1. The second-order valence-electron chi connectivity index (χ2n) is 12.3. The van der Waals surface area contributed by atoms with Crippen LogP contribution in [-0.4, -0.2) is 74.6 Å². The summed E-state index contributed by atoms with van der Waals surface area (Å²) in [5, 5.41) is 23.5. The zero-order valence-corrected chi connectivity index (χ0v) is 28.0. The summed E-state index contributed by atoms with van der Waals surface area (Å²) in [5.41, 5.74) is 2.17. The molecule has 1 aliphatic rings. The van der Waals surface area contributed by atoms with Gasteiger partial charge in [-0.05, 0) is 42.8 Å². The number of aliphatic hydroxyl groups excluding tert-OH is 2. The number of benzene rings is 3. The lowest BCUT2D eigenvalue weighted by Crippen LogP contribution is -2.55. The molecule has 9 nitrogen and oxygen atoms in total. The molecule has 3 aromatic carbocycles. The van der Waals surface area contributed by atoms with E-state index >= 15 is 0 Å². The number of rotatable bonds is 13. The van der Waals surface area contributed by atoms with Crippen LogP contribution in [0.5, 0.6) is 11.5 Å². The Hall–Kier alpha value is -3.70. The first-order valence-corrected chi connectivity index (χ1v) is 18.5. The summed E-state index contributed by atoms with van der Waals surface area (Å²) in [5.74, 6) is 0.711. The summed E-state index contributed by atoms with van der Waals surface area (Å²) in [6, 6.07) is 23.3. The van der Waals surface area contributed by atoms with E-state index in [0.717, 1.165) is 16.9 Å². The molecule has 0 saturated heterocycles. The third-order valence-corrected chi connectivity index (χ3v) is 13.2. The van der Waals surface area contributed by atoms with Gasteiger partial charge in [0.2, 0.25) is 5.91 Å². The molecule has 2 amide bonds. The van der Waals surface area contributed by atoms with E-state index in [2.05, 4.69) is 37.5 Å². The van der Waals surface area contributed by atoms with E-state index in [1.807, 2.05) is 54.6 Å². The standard InChI is InChI=1S/C35H46N2O7Si/c1-23-33(43-4)29-20-26(36-35(41)24(2)39)12-17-30(29)44-34(23)31(45(5,6)28-15-13-27(42-3)14-16-28)21-32(40)37(18-19-38)22-25-10-8-7-9-11-25/h7-17,20,23-24,31,33-34,38-39H,18-19,21-22H2,1-6H3,(H,36,41)/t23-,24+,31?,33-,34-/m1/s1. The first-order chi connectivity index (χ1) is 21.5. The highest BCUT2D eigenvalue weighted by Gasteiger charge is 2.48. The van der Waals surface area contributed by atoms with Crippen LogP contribution >= 0.6 is 0 Å². The highest BCUT2D eigenvalue weighted by molar-refractivity contribution is 6.91. The van der Waals surface area contributed by atoms with Crippen LogP contribution < -0.4 is 20.0 Å². The number of nitrogens with zero attached hydrogens (tertiary/aromatic N) is 1. The highest BCUT2D eigenvalue weighted by atomic mass is 28.3. The lowest BCUT2D eigenvalue weighted by Gasteiger charge is -2.46. The van der Waals surface area contributed by atoms with Gasteiger partial charge in [-0.15, -0.1) is 0 Å². The molecule has 0 saturated carbocycles. The van der Waals surface area contributed by atoms with Crippen LogP contribution in [0.25, 0.3) is 0 Å². The Morgan fingerprint density at radius 1 is 1.04 bits per heavy atom. The zero-order chi connectivity index (χ0) is 32.7. The van der Waals surface area contributed by atoms with Gasteiger partial charge in [-0.1, -0.05) is 67.7 Å². The van der Waals surface area contributed by atoms with Crippen molar-refractivity contribution in [2.75, 3.05) is 32.7 Å². The molecular weight excluding hydrogens is 588 g/mol. The normalized spacial score (nSPS) is 19.1. The summed E-state index contributed by atoms with van der Waals surface area (Å²) in [6.45, 7) is 8.53. The van der Waals surface area contributed by atoms with Crippen molar-refractivity contribution in [3.05, 3.63) is 83.9 Å². The van der Waals surface area contributed by atoms with Crippen molar-refractivity contribution in [3.8, 4) is 11.5 Å². The Morgan fingerprint density at radius 2 is 1.73 bits per heavy atom. The molecule has 3 N–H and O–H groups in total. The molecule has 0 fully saturated rings. The maximum atomic E-state index is 14.1. The molecule has 5 atom stereocenters. The average molecular weight is 635 g/mol. The summed E-state index contributed by atoms with van der Waals surface area (Å²) in [4.78, 5) is 28.0. The molecule has 0 aliphatic carbocycles. The number of carbonyl (C=O) groups is 2. The smallest absolute Gasteiger partial charge is 0.252 e. The predicted molar refractivity (Wildman–Crippen MR) is 178 cm³/mol. The van der Waals surface area contributed by atoms with Crippen molar-refractivity contribution >= 4 is 30.8 Å². The largest absolute Gasteiger partial charge is 0.497 e. The van der Waals surface area contributed by atoms with Crippen molar-refractivity contribution in [2.24, 2.45) is 5.92 Å². The lowest BCUT2D eigenvalue weighted by atomic mass is 9.86. The van der Waals surface area contributed by atoms with Crippen LogP contribution in [0.2, 0.25) is 18.6 Å². The molecule has 242 valence electrons. The fourth-order valence-electron chi connectivity index (χ4n) is 6.25. The van der Waals surface area contributed by atoms with Gasteiger partial charge in [0.15, 0.2) is 0 Å². The molecule has 4 rings (SSSR count). The second kappa shape index (κ2) is 15.1. The Kier molecular flexibility index (Phi) is 11.4. The van der Waals surface area contributed by atoms with Crippen LogP contribution in [0, 0.1) is 5.92 Å². The van der Waals surface area contributed by atoms with E-state index < -0.39 is 20.1 Å². The Morgan fingerprint density at radius 3 is 2.33 bits per heavy atom. The van der Waals surface area contributed by atoms with E-state index in [-0.39, 0.29) is 49.1 Å². The molecule has 45 heavy (non-hydrogen) atoms. The molecule has 0 bridgehead atoms. The van der Waals surface area contributed by atoms with E-state index in [0.29, 0.717) is 18.0 Å². The van der Waals surface area contributed by atoms with Gasteiger partial charge < -0.3 is 34.6 Å². The van der Waals surface area contributed by atoms with Gasteiger partial charge in [0.1, 0.15) is 23.7 Å². The fraction of sp³-hybridized carbons (Fsp3) is 0.429. The summed E-state index contributed by atoms with van der Waals surface area (Å²) >= 11 is 0. The van der Waals surface area contributed by atoms with E-state index in [1.54, 1.807) is 25.2 Å². The first kappa shape index (κ1) is 34.2. The highest BCUT2D eigenvalue weighted by Crippen LogP contribution is 2.48. The number of anilines is 1. The molecule has 1 aliphatic heterocycles. The molecule has 1 unspecified atom stereocenters. The number of hydrogen-bond donors (Lipinski definition) is 3. The van der Waals surface area contributed by atoms with Gasteiger partial charge in [-0.3, -0.25) is 9.59 Å². The SMILES string of the molecule is COc1ccc([Si](C)(C)C(CC(=O)N(CCO)Cc2ccccc2)[C@@H]2Oc3ccc(NC(=O)[C@H](C)O)cc3[C@H](OC)[C@H]2C)cc1. The van der Waals surface area contributed by atoms with Crippen LogP contribution in [0.1, 0.15) is 37.5 Å². The molecule has 1 heterocycles. The molecule has 0 aromatic heterocycles. The Bertz CT molecular complexity index is 1430. The van der Waals surface area contributed by atoms with Crippen molar-refractivity contribution in [1.29, 1.82) is 0 Å². The topological polar surface area (TPSA) is 118 Å². The van der Waals surface area contributed by atoms with Gasteiger partial charge in [0.05, 0.1) is 27.9 Å². The van der Waals surface area contributed by atoms with Gasteiger partial charge in [-0.2, -0.15) is 0 Å². The van der Waals surface area contributed by atoms with Crippen LogP contribution in [0.4, 0.5) is 5.69 Å². The number of fused-ring (bicyclic) bond motifs is 1. The quantitative estimate of drug-likeness (QED) is 0.237. The summed E-state index contributed by atoms with van der Waals surface area (Å²) in [7, 11) is 0.860. The van der Waals surface area contributed by atoms with E-state index in [4.69, 9.17) is 14.2 Å². The zero-order valence-electron chi connectivity index (χ0n) is 27.0. The predicted octanol–water partition coefficient (Wildman–Crippen LogP) is 4.50. The van der Waals surface area contributed by atoms with Crippen molar-refractivity contribution < 1.29 is 34.0 Å². The number of ether oxygens (including phenoxy) is 3. The number of methoxy groups -OCH3 is 2. The number of hydrogen-bond acceptors (Lipinski definition) is 7. The minimum Gasteiger partial charge on any atom is -0.497 e. The lowest BCUT2D eigenvalue weighted by molar-refractivity contribution is -0.133. The van der Waals surface area contributed by atoms with Crippen LogP contribution in [0.3, 0.4) is 0 Å². The summed E-state index contributed by atoms with van der Waals surface area (Å²) in [6.07, 6.45) is -1.63. The second-order valence-corrected chi connectivity index (χ2v) is 17.1. The molecule has 3 aromatic rings. The summed E-state index contributed by atoms with van der Waals surface area (Å²) < 4.78 is 18.3. The number of carbonyl (C=O) groups excluding carboxylic acids is 2. The van der Waals surface area contributed by atoms with Crippen molar-refractivity contribution in [3.63, 3.8) is 0 Å². The minimum absolute atomic E-state index is 0.0428. The van der Waals surface area contributed by atoms with Gasteiger partial charge in [0, 0.05) is 49.3 Å². The third-order valence-electron chi connectivity index (χ3n) is 8.97. The molecule has 0 radical (unpaired) electrons.